The number of hydrogen-bond donors (Lipinski definition) is 3. The van der Waals surface area contributed by atoms with E-state index in [1.54, 1.807) is 0 Å². The van der Waals surface area contributed by atoms with Gasteiger partial charge in [-0.3, -0.25) is 9.45 Å². The molecule has 0 aromatic heterocycles. The van der Waals surface area contributed by atoms with Crippen molar-refractivity contribution in [3.63, 3.8) is 0 Å². The Labute approximate surface area is 82.9 Å². The summed E-state index contributed by atoms with van der Waals surface area (Å²) in [6.07, 6.45) is -1.28. The Morgan fingerprint density at radius 3 is 2.29 bits per heavy atom. The van der Waals surface area contributed by atoms with Gasteiger partial charge in [0.1, 0.15) is 5.25 Å². The van der Waals surface area contributed by atoms with Gasteiger partial charge in [-0.15, -0.1) is 0 Å². The lowest BCUT2D eigenvalue weighted by atomic mass is 10.2. The first-order valence-corrected chi connectivity index (χ1v) is 5.93. The predicted molar refractivity (Wildman–Crippen MR) is 49.5 cm³/mol. The van der Waals surface area contributed by atoms with Crippen molar-refractivity contribution in [2.24, 2.45) is 0 Å². The topological polar surface area (TPSA) is 97.8 Å². The second-order valence-corrected chi connectivity index (χ2v) is 5.07. The van der Waals surface area contributed by atoms with Crippen molar-refractivity contribution in [2.75, 3.05) is 26.2 Å². The maximum Gasteiger partial charge on any atom is 0.270 e. The van der Waals surface area contributed by atoms with Crippen LogP contribution in [0.1, 0.15) is 6.42 Å². The second kappa shape index (κ2) is 4.54. The Balaban J connectivity index is 2.55. The molecular weight excluding hydrogens is 210 g/mol. The van der Waals surface area contributed by atoms with Gasteiger partial charge in [0.15, 0.2) is 0 Å². The van der Waals surface area contributed by atoms with Crippen molar-refractivity contribution >= 4 is 10.1 Å². The van der Waals surface area contributed by atoms with Crippen molar-refractivity contribution in [1.29, 1.82) is 0 Å². The summed E-state index contributed by atoms with van der Waals surface area (Å²) in [5.41, 5.74) is 0. The van der Waals surface area contributed by atoms with E-state index >= 15 is 0 Å². The van der Waals surface area contributed by atoms with E-state index in [2.05, 4.69) is 0 Å². The van der Waals surface area contributed by atoms with Gasteiger partial charge in [-0.2, -0.15) is 8.42 Å². The predicted octanol–water partition coefficient (Wildman–Crippen LogP) is -1.70. The van der Waals surface area contributed by atoms with Gasteiger partial charge < -0.3 is 10.2 Å². The van der Waals surface area contributed by atoms with Crippen molar-refractivity contribution in [1.82, 2.24) is 4.90 Å². The third-order valence-electron chi connectivity index (χ3n) is 2.21. The fraction of sp³-hybridized carbons (Fsp3) is 1.00. The van der Waals surface area contributed by atoms with Crippen LogP contribution in [0.3, 0.4) is 0 Å². The van der Waals surface area contributed by atoms with E-state index < -0.39 is 21.5 Å². The molecule has 1 fully saturated rings. The lowest BCUT2D eigenvalue weighted by molar-refractivity contribution is 0.132. The molecule has 1 rings (SSSR count). The molecule has 0 radical (unpaired) electrons. The van der Waals surface area contributed by atoms with Crippen LogP contribution in [-0.2, 0) is 10.1 Å². The molecule has 1 saturated heterocycles. The summed E-state index contributed by atoms with van der Waals surface area (Å²) in [5, 5.41) is 16.8. The Kier molecular flexibility index (Phi) is 3.85. The Morgan fingerprint density at radius 1 is 1.36 bits per heavy atom. The summed E-state index contributed by atoms with van der Waals surface area (Å²) in [4.78, 5) is 1.85. The molecule has 1 aliphatic rings. The number of aliphatic hydroxyl groups excluding tert-OH is 2. The summed E-state index contributed by atoms with van der Waals surface area (Å²) in [5.74, 6) is 0. The molecule has 0 aromatic rings. The van der Waals surface area contributed by atoms with E-state index in [1.165, 1.54) is 0 Å². The first kappa shape index (κ1) is 11.9. The quantitative estimate of drug-likeness (QED) is 0.368. The number of hydrogen-bond acceptors (Lipinski definition) is 5. The number of nitrogens with zero attached hydrogens (tertiary/aromatic N) is 1. The highest BCUT2D eigenvalue weighted by molar-refractivity contribution is 7.86. The first-order chi connectivity index (χ1) is 6.45. The van der Waals surface area contributed by atoms with Gasteiger partial charge in [0.2, 0.25) is 0 Å². The zero-order chi connectivity index (χ0) is 10.8. The van der Waals surface area contributed by atoms with Crippen LogP contribution in [0.15, 0.2) is 0 Å². The van der Waals surface area contributed by atoms with Gasteiger partial charge in [0, 0.05) is 26.2 Å². The third kappa shape index (κ3) is 3.50. The molecule has 2 unspecified atom stereocenters. The summed E-state index contributed by atoms with van der Waals surface area (Å²) in [6.45, 7) is 1.54. The number of β-amino-alcohol motifs (C(OH)–C–C–N with tert-alkyl or cyclic N) is 1. The van der Waals surface area contributed by atoms with Crippen LogP contribution in [0.2, 0.25) is 0 Å². The van der Waals surface area contributed by atoms with E-state index in [0.29, 0.717) is 0 Å². The summed E-state index contributed by atoms with van der Waals surface area (Å²) in [6, 6.07) is 0. The van der Waals surface area contributed by atoms with Gasteiger partial charge in [-0.05, 0) is 6.42 Å². The molecule has 0 aromatic carbocycles. The van der Waals surface area contributed by atoms with Crippen LogP contribution in [-0.4, -0.2) is 65.7 Å². The standard InChI is InChI=1S/C7H15NO5S/c9-4-1-7(14(11,12)13)6(10)5-8-2-3-8/h6-7,9-10H,1-5H2,(H,11,12,13). The fourth-order valence-corrected chi connectivity index (χ4v) is 2.19. The Bertz CT molecular complexity index is 274. The molecule has 2 atom stereocenters. The smallest absolute Gasteiger partial charge is 0.270 e. The summed E-state index contributed by atoms with van der Waals surface area (Å²) in [7, 11) is -4.28. The van der Waals surface area contributed by atoms with E-state index in [0.717, 1.165) is 13.1 Å². The molecule has 0 saturated carbocycles. The number of aliphatic hydroxyl groups is 2. The molecule has 1 aliphatic heterocycles. The first-order valence-electron chi connectivity index (χ1n) is 4.42. The number of rotatable bonds is 6. The molecule has 7 heteroatoms. The van der Waals surface area contributed by atoms with Gasteiger partial charge in [0.05, 0.1) is 6.10 Å². The van der Waals surface area contributed by atoms with E-state index in [9.17, 15) is 13.5 Å². The average Bonchev–Trinajstić information content (AvgIpc) is 2.81. The van der Waals surface area contributed by atoms with Crippen LogP contribution in [0.5, 0.6) is 0 Å². The molecule has 14 heavy (non-hydrogen) atoms. The molecule has 6 nitrogen and oxygen atoms in total. The maximum atomic E-state index is 10.8. The van der Waals surface area contributed by atoms with Crippen LogP contribution in [0.25, 0.3) is 0 Å². The third-order valence-corrected chi connectivity index (χ3v) is 3.53. The zero-order valence-electron chi connectivity index (χ0n) is 7.70. The minimum absolute atomic E-state index is 0.145. The Morgan fingerprint density at radius 2 is 1.93 bits per heavy atom. The lowest BCUT2D eigenvalue weighted by Crippen LogP contribution is -2.39. The van der Waals surface area contributed by atoms with Crippen LogP contribution < -0.4 is 0 Å². The van der Waals surface area contributed by atoms with Crippen LogP contribution in [0.4, 0.5) is 0 Å². The summed E-state index contributed by atoms with van der Waals surface area (Å²) >= 11 is 0. The molecule has 0 spiro atoms. The van der Waals surface area contributed by atoms with Gasteiger partial charge in [0.25, 0.3) is 10.1 Å². The van der Waals surface area contributed by atoms with E-state index in [4.69, 9.17) is 9.66 Å². The van der Waals surface area contributed by atoms with Gasteiger partial charge >= 0.3 is 0 Å². The fourth-order valence-electron chi connectivity index (χ4n) is 1.30. The van der Waals surface area contributed by atoms with Crippen molar-refractivity contribution < 1.29 is 23.2 Å². The highest BCUT2D eigenvalue weighted by atomic mass is 32.2. The van der Waals surface area contributed by atoms with Crippen molar-refractivity contribution in [3.05, 3.63) is 0 Å². The van der Waals surface area contributed by atoms with Crippen LogP contribution in [0, 0.1) is 0 Å². The highest BCUT2D eigenvalue weighted by Crippen LogP contribution is 2.14. The largest absolute Gasteiger partial charge is 0.396 e. The van der Waals surface area contributed by atoms with E-state index in [-0.39, 0.29) is 19.6 Å². The van der Waals surface area contributed by atoms with Gasteiger partial charge in [-0.25, -0.2) is 0 Å². The van der Waals surface area contributed by atoms with Crippen LogP contribution >= 0.6 is 0 Å². The zero-order valence-corrected chi connectivity index (χ0v) is 8.52. The second-order valence-electron chi connectivity index (χ2n) is 3.43. The van der Waals surface area contributed by atoms with Crippen molar-refractivity contribution in [2.45, 2.75) is 17.8 Å². The lowest BCUT2D eigenvalue weighted by Gasteiger charge is -2.19. The molecule has 0 aliphatic carbocycles. The molecule has 0 bridgehead atoms. The molecule has 0 amide bonds. The molecule has 3 N–H and O–H groups in total. The SMILES string of the molecule is O=S(=O)(O)C(CCO)C(O)CN1CC1. The van der Waals surface area contributed by atoms with Crippen molar-refractivity contribution in [3.8, 4) is 0 Å². The minimum atomic E-state index is -4.28. The minimum Gasteiger partial charge on any atom is -0.396 e. The Hall–Kier alpha value is -0.210. The maximum absolute atomic E-state index is 10.8. The van der Waals surface area contributed by atoms with E-state index in [1.807, 2.05) is 4.90 Å². The molecular formula is C7H15NO5S. The molecule has 84 valence electrons. The average molecular weight is 225 g/mol. The monoisotopic (exact) mass is 225 g/mol. The molecule has 1 heterocycles. The van der Waals surface area contributed by atoms with Gasteiger partial charge in [-0.1, -0.05) is 0 Å². The highest BCUT2D eigenvalue weighted by Gasteiger charge is 2.33. The summed E-state index contributed by atoms with van der Waals surface area (Å²) < 4.78 is 30.5. The normalized spacial score (nSPS) is 21.9.